The standard InChI is InChI=1S/C20H30ClN3O4S/c1-4-5-6-11-22-19(25)15-9-12-24(13-10-15)20(26)16-7-8-17(21)18(14-16)29(27,28)23(2)3/h7-8,14-15H,4-6,9-13H2,1-3H3,(H,22,25). The maximum absolute atomic E-state index is 12.9. The summed E-state index contributed by atoms with van der Waals surface area (Å²) in [7, 11) is -0.920. The lowest BCUT2D eigenvalue weighted by Crippen LogP contribution is -2.43. The number of nitrogens with one attached hydrogen (secondary N) is 1. The molecule has 0 unspecified atom stereocenters. The molecular formula is C20H30ClN3O4S. The number of carbonyl (C=O) groups is 2. The number of halogens is 1. The lowest BCUT2D eigenvalue weighted by Gasteiger charge is -2.31. The molecule has 0 radical (unpaired) electrons. The first-order valence-electron chi connectivity index (χ1n) is 9.97. The van der Waals surface area contributed by atoms with Gasteiger partial charge < -0.3 is 10.2 Å². The van der Waals surface area contributed by atoms with Crippen molar-refractivity contribution in [3.63, 3.8) is 0 Å². The number of unbranched alkanes of at least 4 members (excludes halogenated alkanes) is 2. The number of sulfonamides is 1. The molecule has 0 aliphatic carbocycles. The van der Waals surface area contributed by atoms with Crippen molar-refractivity contribution in [1.82, 2.24) is 14.5 Å². The molecule has 162 valence electrons. The number of carbonyl (C=O) groups excluding carboxylic acids is 2. The Morgan fingerprint density at radius 3 is 2.45 bits per heavy atom. The maximum Gasteiger partial charge on any atom is 0.253 e. The van der Waals surface area contributed by atoms with E-state index in [1.165, 1.54) is 32.3 Å². The second-order valence-electron chi connectivity index (χ2n) is 7.50. The average Bonchev–Trinajstić information content (AvgIpc) is 2.70. The van der Waals surface area contributed by atoms with Crippen LogP contribution in [0.15, 0.2) is 23.1 Å². The highest BCUT2D eigenvalue weighted by Crippen LogP contribution is 2.26. The molecule has 1 aliphatic rings. The fourth-order valence-electron chi connectivity index (χ4n) is 3.29. The summed E-state index contributed by atoms with van der Waals surface area (Å²) in [6, 6.07) is 4.29. The maximum atomic E-state index is 12.9. The number of hydrogen-bond donors (Lipinski definition) is 1. The molecule has 7 nitrogen and oxygen atoms in total. The van der Waals surface area contributed by atoms with Gasteiger partial charge in [0.1, 0.15) is 4.90 Å². The highest BCUT2D eigenvalue weighted by Gasteiger charge is 2.29. The largest absolute Gasteiger partial charge is 0.356 e. The first-order chi connectivity index (χ1) is 13.7. The fraction of sp³-hybridized carbons (Fsp3) is 0.600. The van der Waals surface area contributed by atoms with Crippen LogP contribution in [0.4, 0.5) is 0 Å². The minimum atomic E-state index is -3.75. The first kappa shape index (κ1) is 23.6. The molecule has 29 heavy (non-hydrogen) atoms. The van der Waals surface area contributed by atoms with Crippen LogP contribution in [0, 0.1) is 5.92 Å². The molecule has 0 atom stereocenters. The van der Waals surface area contributed by atoms with Gasteiger partial charge in [0.05, 0.1) is 5.02 Å². The van der Waals surface area contributed by atoms with E-state index in [9.17, 15) is 18.0 Å². The molecule has 2 rings (SSSR count). The van der Waals surface area contributed by atoms with E-state index >= 15 is 0 Å². The van der Waals surface area contributed by atoms with Gasteiger partial charge in [-0.3, -0.25) is 9.59 Å². The SMILES string of the molecule is CCCCCNC(=O)C1CCN(C(=O)c2ccc(Cl)c(S(=O)(=O)N(C)C)c2)CC1. The van der Waals surface area contributed by atoms with Crippen molar-refractivity contribution >= 4 is 33.4 Å². The van der Waals surface area contributed by atoms with Crippen LogP contribution < -0.4 is 5.32 Å². The third-order valence-electron chi connectivity index (χ3n) is 5.17. The van der Waals surface area contributed by atoms with E-state index in [4.69, 9.17) is 11.6 Å². The van der Waals surface area contributed by atoms with Crippen LogP contribution >= 0.6 is 11.6 Å². The first-order valence-corrected chi connectivity index (χ1v) is 11.8. The van der Waals surface area contributed by atoms with E-state index in [0.29, 0.717) is 32.5 Å². The van der Waals surface area contributed by atoms with E-state index < -0.39 is 10.0 Å². The number of nitrogens with zero attached hydrogens (tertiary/aromatic N) is 2. The molecule has 1 aliphatic heterocycles. The van der Waals surface area contributed by atoms with Crippen molar-refractivity contribution in [3.05, 3.63) is 28.8 Å². The molecule has 1 aromatic carbocycles. The van der Waals surface area contributed by atoms with E-state index in [0.717, 1.165) is 23.6 Å². The smallest absolute Gasteiger partial charge is 0.253 e. The van der Waals surface area contributed by atoms with Gasteiger partial charge in [-0.05, 0) is 37.5 Å². The zero-order valence-corrected chi connectivity index (χ0v) is 18.9. The molecule has 1 fully saturated rings. The Morgan fingerprint density at radius 2 is 1.86 bits per heavy atom. The summed E-state index contributed by atoms with van der Waals surface area (Å²) >= 11 is 6.06. The van der Waals surface area contributed by atoms with Crippen molar-refractivity contribution in [1.29, 1.82) is 0 Å². The summed E-state index contributed by atoms with van der Waals surface area (Å²) in [5.74, 6) is -0.284. The number of likely N-dealkylation sites (tertiary alicyclic amines) is 1. The van der Waals surface area contributed by atoms with E-state index in [2.05, 4.69) is 12.2 Å². The highest BCUT2D eigenvalue weighted by molar-refractivity contribution is 7.89. The van der Waals surface area contributed by atoms with Gasteiger partial charge in [-0.2, -0.15) is 0 Å². The minimum Gasteiger partial charge on any atom is -0.356 e. The van der Waals surface area contributed by atoms with Crippen LogP contribution in [0.25, 0.3) is 0 Å². The summed E-state index contributed by atoms with van der Waals surface area (Å²) < 4.78 is 25.9. The Balaban J connectivity index is 2.00. The summed E-state index contributed by atoms with van der Waals surface area (Å²) in [5, 5.41) is 3.05. The van der Waals surface area contributed by atoms with Crippen LogP contribution in [0.1, 0.15) is 49.4 Å². The monoisotopic (exact) mass is 443 g/mol. The van der Waals surface area contributed by atoms with Crippen molar-refractivity contribution in [2.45, 2.75) is 43.9 Å². The molecule has 0 spiro atoms. The number of rotatable bonds is 8. The molecule has 1 heterocycles. The second-order valence-corrected chi connectivity index (χ2v) is 10.0. The van der Waals surface area contributed by atoms with Gasteiger partial charge in [-0.15, -0.1) is 0 Å². The van der Waals surface area contributed by atoms with Crippen LogP contribution in [0.5, 0.6) is 0 Å². The second kappa shape index (κ2) is 10.4. The quantitative estimate of drug-likeness (QED) is 0.626. The van der Waals surface area contributed by atoms with Crippen molar-refractivity contribution < 1.29 is 18.0 Å². The predicted molar refractivity (Wildman–Crippen MR) is 113 cm³/mol. The molecule has 0 saturated carbocycles. The van der Waals surface area contributed by atoms with Gasteiger partial charge >= 0.3 is 0 Å². The number of piperidine rings is 1. The van der Waals surface area contributed by atoms with Gasteiger partial charge in [-0.25, -0.2) is 12.7 Å². The van der Waals surface area contributed by atoms with Gasteiger partial charge in [0.2, 0.25) is 15.9 Å². The number of amides is 2. The van der Waals surface area contributed by atoms with Crippen LogP contribution in [-0.4, -0.2) is 63.2 Å². The number of hydrogen-bond acceptors (Lipinski definition) is 4. The minimum absolute atomic E-state index is 0.0547. The lowest BCUT2D eigenvalue weighted by molar-refractivity contribution is -0.126. The van der Waals surface area contributed by atoms with E-state index in [1.54, 1.807) is 4.90 Å². The topological polar surface area (TPSA) is 86.8 Å². The zero-order chi connectivity index (χ0) is 21.6. The Morgan fingerprint density at radius 1 is 1.21 bits per heavy atom. The summed E-state index contributed by atoms with van der Waals surface area (Å²) in [6.07, 6.45) is 4.39. The van der Waals surface area contributed by atoms with E-state index in [-0.39, 0.29) is 33.2 Å². The Kier molecular flexibility index (Phi) is 8.48. The highest BCUT2D eigenvalue weighted by atomic mass is 35.5. The van der Waals surface area contributed by atoms with Crippen molar-refractivity contribution in [2.75, 3.05) is 33.7 Å². The molecule has 1 saturated heterocycles. The Labute approximate surface area is 178 Å². The van der Waals surface area contributed by atoms with E-state index in [1.807, 2.05) is 0 Å². The third-order valence-corrected chi connectivity index (χ3v) is 7.47. The number of benzene rings is 1. The predicted octanol–water partition coefficient (Wildman–Crippen LogP) is 2.75. The zero-order valence-electron chi connectivity index (χ0n) is 17.3. The fourth-order valence-corrected chi connectivity index (χ4v) is 4.68. The molecule has 9 heteroatoms. The van der Waals surface area contributed by atoms with Gasteiger partial charge in [0, 0.05) is 45.2 Å². The van der Waals surface area contributed by atoms with Crippen LogP contribution in [-0.2, 0) is 14.8 Å². The van der Waals surface area contributed by atoms with Gasteiger partial charge in [0.25, 0.3) is 5.91 Å². The van der Waals surface area contributed by atoms with Crippen LogP contribution in [0.2, 0.25) is 5.02 Å². The normalized spacial score (nSPS) is 15.6. The van der Waals surface area contributed by atoms with Gasteiger partial charge in [-0.1, -0.05) is 31.4 Å². The lowest BCUT2D eigenvalue weighted by atomic mass is 9.95. The molecule has 1 N–H and O–H groups in total. The molecule has 1 aromatic rings. The molecule has 0 bridgehead atoms. The summed E-state index contributed by atoms with van der Waals surface area (Å²) in [6.45, 7) is 3.74. The molecule has 0 aromatic heterocycles. The average molecular weight is 444 g/mol. The van der Waals surface area contributed by atoms with Gasteiger partial charge in [0.15, 0.2) is 0 Å². The third kappa shape index (κ3) is 5.93. The molecule has 2 amide bonds. The van der Waals surface area contributed by atoms with Crippen molar-refractivity contribution in [2.24, 2.45) is 5.92 Å². The molecular weight excluding hydrogens is 414 g/mol. The van der Waals surface area contributed by atoms with Crippen LogP contribution in [0.3, 0.4) is 0 Å². The Hall–Kier alpha value is -1.64. The summed E-state index contributed by atoms with van der Waals surface area (Å²) in [4.78, 5) is 26.7. The summed E-state index contributed by atoms with van der Waals surface area (Å²) in [5.41, 5.74) is 0.275. The Bertz CT molecular complexity index is 834. The van der Waals surface area contributed by atoms with Crippen molar-refractivity contribution in [3.8, 4) is 0 Å².